The Bertz CT molecular complexity index is 95.9. The van der Waals surface area contributed by atoms with Gasteiger partial charge in [-0.05, 0) is 19.4 Å². The van der Waals surface area contributed by atoms with Crippen LogP contribution in [0, 0.1) is 0 Å². The lowest BCUT2D eigenvalue weighted by molar-refractivity contribution is 0.248. The van der Waals surface area contributed by atoms with Crippen molar-refractivity contribution in [2.24, 2.45) is 0 Å². The van der Waals surface area contributed by atoms with E-state index in [0.717, 1.165) is 0 Å². The fourth-order valence-corrected chi connectivity index (χ4v) is 1.60. The normalized spacial score (nSPS) is 26.4. The smallest absolute Gasteiger partial charge is 0.0432 e. The van der Waals surface area contributed by atoms with E-state index in [4.69, 9.17) is 0 Å². The van der Waals surface area contributed by atoms with E-state index in [-0.39, 0.29) is 24.8 Å². The van der Waals surface area contributed by atoms with Gasteiger partial charge in [0.2, 0.25) is 0 Å². The SMILES string of the molecule is C1CNC2(C1)CNC2.Cl.Cl. The van der Waals surface area contributed by atoms with Crippen LogP contribution in [0.3, 0.4) is 0 Å². The van der Waals surface area contributed by atoms with Crippen molar-refractivity contribution in [1.29, 1.82) is 0 Å². The Balaban J connectivity index is 0.000000405. The van der Waals surface area contributed by atoms with Gasteiger partial charge < -0.3 is 10.6 Å². The molecule has 0 amide bonds. The zero-order valence-electron chi connectivity index (χ0n) is 5.85. The first-order valence-corrected chi connectivity index (χ1v) is 3.37. The Morgan fingerprint density at radius 3 is 2.00 bits per heavy atom. The molecule has 4 heteroatoms. The first-order valence-electron chi connectivity index (χ1n) is 3.37. The van der Waals surface area contributed by atoms with E-state index in [1.807, 2.05) is 0 Å². The largest absolute Gasteiger partial charge is 0.313 e. The summed E-state index contributed by atoms with van der Waals surface area (Å²) in [5.41, 5.74) is 0.556. The number of halogens is 2. The molecule has 0 aromatic carbocycles. The van der Waals surface area contributed by atoms with Crippen molar-refractivity contribution in [2.75, 3.05) is 19.6 Å². The number of hydrogen-bond acceptors (Lipinski definition) is 2. The fourth-order valence-electron chi connectivity index (χ4n) is 1.60. The summed E-state index contributed by atoms with van der Waals surface area (Å²) in [6.45, 7) is 3.64. The first kappa shape index (κ1) is 10.5. The van der Waals surface area contributed by atoms with Crippen molar-refractivity contribution in [3.63, 3.8) is 0 Å². The van der Waals surface area contributed by atoms with Crippen LogP contribution in [-0.2, 0) is 0 Å². The van der Waals surface area contributed by atoms with Crippen LogP contribution in [0.15, 0.2) is 0 Å². The highest BCUT2D eigenvalue weighted by Crippen LogP contribution is 2.22. The van der Waals surface area contributed by atoms with Gasteiger partial charge in [-0.25, -0.2) is 0 Å². The zero-order valence-corrected chi connectivity index (χ0v) is 7.49. The summed E-state index contributed by atoms with van der Waals surface area (Å²) < 4.78 is 0. The van der Waals surface area contributed by atoms with Crippen molar-refractivity contribution in [3.05, 3.63) is 0 Å². The molecule has 2 aliphatic heterocycles. The van der Waals surface area contributed by atoms with Gasteiger partial charge >= 0.3 is 0 Å². The second-order valence-electron chi connectivity index (χ2n) is 2.91. The van der Waals surface area contributed by atoms with Gasteiger partial charge in [0.15, 0.2) is 0 Å². The van der Waals surface area contributed by atoms with Gasteiger partial charge in [-0.3, -0.25) is 0 Å². The molecule has 2 aliphatic rings. The highest BCUT2D eigenvalue weighted by molar-refractivity contribution is 5.85. The molecule has 2 N–H and O–H groups in total. The maximum Gasteiger partial charge on any atom is 0.0432 e. The Morgan fingerprint density at radius 2 is 1.80 bits per heavy atom. The molecule has 62 valence electrons. The Hall–Kier alpha value is 0.500. The standard InChI is InChI=1S/C6H12N2.2ClH/c1-2-6(8-3-1)4-7-5-6;;/h7-8H,1-5H2;2*1H. The minimum Gasteiger partial charge on any atom is -0.313 e. The van der Waals surface area contributed by atoms with Crippen LogP contribution in [0.4, 0.5) is 0 Å². The minimum atomic E-state index is 0. The number of rotatable bonds is 0. The van der Waals surface area contributed by atoms with Crippen molar-refractivity contribution in [1.82, 2.24) is 10.6 Å². The lowest BCUT2D eigenvalue weighted by Gasteiger charge is -2.39. The molecule has 0 aliphatic carbocycles. The van der Waals surface area contributed by atoms with Crippen LogP contribution >= 0.6 is 24.8 Å². The summed E-state index contributed by atoms with van der Waals surface area (Å²) in [4.78, 5) is 0. The van der Waals surface area contributed by atoms with Gasteiger partial charge in [0.25, 0.3) is 0 Å². The molecule has 10 heavy (non-hydrogen) atoms. The molecule has 0 aromatic rings. The van der Waals surface area contributed by atoms with Crippen LogP contribution in [0.25, 0.3) is 0 Å². The molecule has 2 rings (SSSR count). The molecule has 0 bridgehead atoms. The van der Waals surface area contributed by atoms with E-state index < -0.39 is 0 Å². The molecule has 0 atom stereocenters. The van der Waals surface area contributed by atoms with Gasteiger partial charge in [-0.1, -0.05) is 0 Å². The third-order valence-corrected chi connectivity index (χ3v) is 2.26. The van der Waals surface area contributed by atoms with Crippen molar-refractivity contribution in [2.45, 2.75) is 18.4 Å². The topological polar surface area (TPSA) is 24.1 Å². The van der Waals surface area contributed by atoms with Crippen molar-refractivity contribution in [3.8, 4) is 0 Å². The van der Waals surface area contributed by atoms with Crippen molar-refractivity contribution >= 4 is 24.8 Å². The highest BCUT2D eigenvalue weighted by atomic mass is 35.5. The van der Waals surface area contributed by atoms with Crippen LogP contribution in [-0.4, -0.2) is 25.2 Å². The predicted octanol–water partition coefficient (Wildman–Crippen LogP) is 0.555. The second kappa shape index (κ2) is 3.77. The highest BCUT2D eigenvalue weighted by Gasteiger charge is 2.38. The summed E-state index contributed by atoms with van der Waals surface area (Å²) in [5, 5.41) is 6.79. The van der Waals surface area contributed by atoms with Gasteiger partial charge in [-0.15, -0.1) is 24.8 Å². The quantitative estimate of drug-likeness (QED) is 0.576. The van der Waals surface area contributed by atoms with Crippen LogP contribution in [0.2, 0.25) is 0 Å². The molecule has 0 radical (unpaired) electrons. The Labute approximate surface area is 74.0 Å². The minimum absolute atomic E-state index is 0. The average Bonchev–Trinajstić information content (AvgIpc) is 2.07. The number of nitrogens with one attached hydrogen (secondary N) is 2. The zero-order chi connectivity index (χ0) is 5.45. The Kier molecular flexibility index (Phi) is 3.95. The molecule has 0 saturated carbocycles. The van der Waals surface area contributed by atoms with Crippen LogP contribution in [0.5, 0.6) is 0 Å². The first-order chi connectivity index (χ1) is 3.91. The molecule has 0 unspecified atom stereocenters. The third-order valence-electron chi connectivity index (χ3n) is 2.26. The van der Waals surface area contributed by atoms with Crippen LogP contribution < -0.4 is 10.6 Å². The summed E-state index contributed by atoms with van der Waals surface area (Å²) in [6, 6.07) is 0. The third kappa shape index (κ3) is 1.56. The lowest BCUT2D eigenvalue weighted by Crippen LogP contribution is -2.64. The molecule has 2 nitrogen and oxygen atoms in total. The molecule has 2 heterocycles. The van der Waals surface area contributed by atoms with E-state index in [1.54, 1.807) is 0 Å². The van der Waals surface area contributed by atoms with Gasteiger partial charge in [0.05, 0.1) is 0 Å². The maximum atomic E-state index is 3.51. The van der Waals surface area contributed by atoms with Crippen LogP contribution in [0.1, 0.15) is 12.8 Å². The monoisotopic (exact) mass is 184 g/mol. The van der Waals surface area contributed by atoms with E-state index in [1.165, 1.54) is 32.5 Å². The summed E-state index contributed by atoms with van der Waals surface area (Å²) in [6.07, 6.45) is 2.77. The predicted molar refractivity (Wildman–Crippen MR) is 47.3 cm³/mol. The number of hydrogen-bond donors (Lipinski definition) is 2. The van der Waals surface area contributed by atoms with Crippen molar-refractivity contribution < 1.29 is 0 Å². The molecule has 2 fully saturated rings. The molecular formula is C6H14Cl2N2. The summed E-state index contributed by atoms with van der Waals surface area (Å²) in [7, 11) is 0. The average molecular weight is 185 g/mol. The maximum absolute atomic E-state index is 3.51. The van der Waals surface area contributed by atoms with Gasteiger partial charge in [0, 0.05) is 18.6 Å². The van der Waals surface area contributed by atoms with Gasteiger partial charge in [-0.2, -0.15) is 0 Å². The molecule has 0 aromatic heterocycles. The summed E-state index contributed by atoms with van der Waals surface area (Å²) >= 11 is 0. The molecule has 1 spiro atoms. The lowest BCUT2D eigenvalue weighted by atomic mass is 9.91. The second-order valence-corrected chi connectivity index (χ2v) is 2.91. The fraction of sp³-hybridized carbons (Fsp3) is 1.00. The van der Waals surface area contributed by atoms with E-state index >= 15 is 0 Å². The van der Waals surface area contributed by atoms with E-state index in [0.29, 0.717) is 5.54 Å². The molecule has 2 saturated heterocycles. The van der Waals surface area contributed by atoms with E-state index in [2.05, 4.69) is 10.6 Å². The van der Waals surface area contributed by atoms with Gasteiger partial charge in [0.1, 0.15) is 0 Å². The van der Waals surface area contributed by atoms with E-state index in [9.17, 15) is 0 Å². The Morgan fingerprint density at radius 1 is 1.10 bits per heavy atom. The summed E-state index contributed by atoms with van der Waals surface area (Å²) in [5.74, 6) is 0. The molecular weight excluding hydrogens is 171 g/mol.